The lowest BCUT2D eigenvalue weighted by molar-refractivity contribution is 0.194. The maximum atomic E-state index is 5.00. The summed E-state index contributed by atoms with van der Waals surface area (Å²) in [6.45, 7) is 10.1. The average molecular weight is 163 g/mol. The van der Waals surface area contributed by atoms with E-state index in [1.807, 2.05) is 6.92 Å². The Morgan fingerprint density at radius 1 is 1.30 bits per heavy atom. The van der Waals surface area contributed by atoms with Crippen molar-refractivity contribution in [2.75, 3.05) is 19.1 Å². The first-order valence-corrected chi connectivity index (χ1v) is 3.72. The molecule has 0 radical (unpaired) electrons. The second kappa shape index (κ2) is 15.9. The Labute approximate surface area is 68.3 Å². The highest BCUT2D eigenvalue weighted by Crippen LogP contribution is 1.72. The van der Waals surface area contributed by atoms with Crippen LogP contribution in [0.5, 0.6) is 0 Å². The molecule has 0 aromatic heterocycles. The highest BCUT2D eigenvalue weighted by atomic mass is 35.5. The van der Waals surface area contributed by atoms with E-state index < -0.39 is 0 Å². The number of alkyl halides is 1. The molecule has 1 nitrogen and oxygen atoms in total. The van der Waals surface area contributed by atoms with Crippen LogP contribution >= 0.6 is 11.6 Å². The van der Waals surface area contributed by atoms with Gasteiger partial charge in [0.15, 0.2) is 0 Å². The van der Waals surface area contributed by atoms with Crippen LogP contribution < -0.4 is 0 Å². The first kappa shape index (κ1) is 12.4. The molecule has 0 N–H and O–H groups in total. The van der Waals surface area contributed by atoms with Crippen LogP contribution in [0.2, 0.25) is 0 Å². The smallest absolute Gasteiger partial charge is 0.0649 e. The summed E-state index contributed by atoms with van der Waals surface area (Å²) in [5, 5.41) is 0. The van der Waals surface area contributed by atoms with Crippen LogP contribution in [0.25, 0.3) is 0 Å². The Bertz CT molecular complexity index is 63.7. The van der Waals surface area contributed by atoms with Crippen molar-refractivity contribution < 1.29 is 4.74 Å². The zero-order chi connectivity index (χ0) is 8.24. The van der Waals surface area contributed by atoms with Crippen molar-refractivity contribution >= 4 is 11.6 Å². The second-order valence-electron chi connectivity index (χ2n) is 1.38. The molecule has 0 aromatic carbocycles. The molecule has 0 rings (SSSR count). The molecule has 2 heteroatoms. The molecule has 0 bridgehead atoms. The Hall–Kier alpha value is -0.270. The van der Waals surface area contributed by atoms with E-state index in [1.165, 1.54) is 0 Å². The number of rotatable bonds is 4. The van der Waals surface area contributed by atoms with Gasteiger partial charge in [-0.05, 0) is 0 Å². The highest BCUT2D eigenvalue weighted by molar-refractivity contribution is 6.17. The van der Waals surface area contributed by atoms with Crippen LogP contribution in [0.3, 0.4) is 0 Å². The molecule has 0 aromatic rings. The standard InChI is InChI=1S/C6H10O.C2H5Cl/c1-3-5-7-6-4-2;1-2-3/h3-4H,1-2,5-6H2;2H2,1H3. The third-order valence-corrected chi connectivity index (χ3v) is 0.471. The predicted molar refractivity (Wildman–Crippen MR) is 47.6 cm³/mol. The van der Waals surface area contributed by atoms with Crippen LogP contribution in [0.15, 0.2) is 25.3 Å². The fourth-order valence-electron chi connectivity index (χ4n) is 0.235. The van der Waals surface area contributed by atoms with Crippen molar-refractivity contribution in [3.63, 3.8) is 0 Å². The second-order valence-corrected chi connectivity index (χ2v) is 1.92. The molecule has 0 aliphatic rings. The van der Waals surface area contributed by atoms with Crippen LogP contribution in [0, 0.1) is 0 Å². The lowest BCUT2D eigenvalue weighted by atomic mass is 10.6. The van der Waals surface area contributed by atoms with Crippen molar-refractivity contribution in [3.8, 4) is 0 Å². The highest BCUT2D eigenvalue weighted by Gasteiger charge is 1.70. The Morgan fingerprint density at radius 2 is 1.60 bits per heavy atom. The van der Waals surface area contributed by atoms with Crippen LogP contribution in [0.4, 0.5) is 0 Å². The maximum absolute atomic E-state index is 5.00. The maximum Gasteiger partial charge on any atom is 0.0649 e. The van der Waals surface area contributed by atoms with Gasteiger partial charge < -0.3 is 4.74 Å². The molecule has 10 heavy (non-hydrogen) atoms. The van der Waals surface area contributed by atoms with Crippen molar-refractivity contribution in [1.29, 1.82) is 0 Å². The van der Waals surface area contributed by atoms with Crippen molar-refractivity contribution in [2.45, 2.75) is 6.92 Å². The molecule has 0 spiro atoms. The molecular formula is C8H15ClO. The van der Waals surface area contributed by atoms with Crippen molar-refractivity contribution in [1.82, 2.24) is 0 Å². The molecule has 0 saturated carbocycles. The van der Waals surface area contributed by atoms with E-state index in [4.69, 9.17) is 16.3 Å². The fourth-order valence-corrected chi connectivity index (χ4v) is 0.235. The molecular weight excluding hydrogens is 148 g/mol. The van der Waals surface area contributed by atoms with E-state index in [9.17, 15) is 0 Å². The van der Waals surface area contributed by atoms with Crippen LogP contribution in [-0.4, -0.2) is 19.1 Å². The summed E-state index contributed by atoms with van der Waals surface area (Å²) >= 11 is 5.00. The van der Waals surface area contributed by atoms with Gasteiger partial charge in [0.25, 0.3) is 0 Å². The molecule has 0 heterocycles. The first-order chi connectivity index (χ1) is 4.83. The Morgan fingerprint density at radius 3 is 1.80 bits per heavy atom. The molecule has 0 unspecified atom stereocenters. The summed E-state index contributed by atoms with van der Waals surface area (Å²) in [6.07, 6.45) is 3.42. The summed E-state index contributed by atoms with van der Waals surface area (Å²) in [6, 6.07) is 0. The summed E-state index contributed by atoms with van der Waals surface area (Å²) in [7, 11) is 0. The Kier molecular flexibility index (Phi) is 19.7. The predicted octanol–water partition coefficient (Wildman–Crippen LogP) is 2.62. The zero-order valence-electron chi connectivity index (χ0n) is 6.48. The minimum atomic E-state index is 0.617. The van der Waals surface area contributed by atoms with E-state index in [2.05, 4.69) is 13.2 Å². The lowest BCUT2D eigenvalue weighted by Crippen LogP contribution is -1.87. The largest absolute Gasteiger partial charge is 0.373 e. The monoisotopic (exact) mass is 162 g/mol. The average Bonchev–Trinajstić information content (AvgIpc) is 1.91. The van der Waals surface area contributed by atoms with Gasteiger partial charge in [-0.25, -0.2) is 0 Å². The van der Waals surface area contributed by atoms with Crippen LogP contribution in [0.1, 0.15) is 6.92 Å². The van der Waals surface area contributed by atoms with Gasteiger partial charge >= 0.3 is 0 Å². The molecule has 0 amide bonds. The molecule has 60 valence electrons. The summed E-state index contributed by atoms with van der Waals surface area (Å²) < 4.78 is 4.90. The number of ether oxygens (including phenoxy) is 1. The topological polar surface area (TPSA) is 9.23 Å². The van der Waals surface area contributed by atoms with E-state index >= 15 is 0 Å². The molecule has 0 fully saturated rings. The van der Waals surface area contributed by atoms with Gasteiger partial charge in [-0.1, -0.05) is 19.1 Å². The molecule has 0 aliphatic heterocycles. The lowest BCUT2D eigenvalue weighted by Gasteiger charge is -1.89. The summed E-state index contributed by atoms with van der Waals surface area (Å²) in [5.74, 6) is 0.722. The van der Waals surface area contributed by atoms with Gasteiger partial charge in [-0.2, -0.15) is 0 Å². The van der Waals surface area contributed by atoms with E-state index in [0.29, 0.717) is 13.2 Å². The zero-order valence-corrected chi connectivity index (χ0v) is 7.23. The van der Waals surface area contributed by atoms with Gasteiger partial charge in [0.2, 0.25) is 0 Å². The summed E-state index contributed by atoms with van der Waals surface area (Å²) in [5.41, 5.74) is 0. The van der Waals surface area contributed by atoms with Gasteiger partial charge in [0.1, 0.15) is 0 Å². The quantitative estimate of drug-likeness (QED) is 0.351. The van der Waals surface area contributed by atoms with Gasteiger partial charge in [-0.3, -0.25) is 0 Å². The molecule has 0 aliphatic carbocycles. The minimum Gasteiger partial charge on any atom is -0.373 e. The van der Waals surface area contributed by atoms with E-state index in [-0.39, 0.29) is 0 Å². The number of hydrogen-bond donors (Lipinski definition) is 0. The SMILES string of the molecule is C=CCOCC=C.CCCl. The van der Waals surface area contributed by atoms with Gasteiger partial charge in [0.05, 0.1) is 13.2 Å². The Balaban J connectivity index is 0. The number of hydrogen-bond acceptors (Lipinski definition) is 1. The van der Waals surface area contributed by atoms with Crippen LogP contribution in [-0.2, 0) is 4.74 Å². The number of halogens is 1. The fraction of sp³-hybridized carbons (Fsp3) is 0.500. The van der Waals surface area contributed by atoms with Gasteiger partial charge in [-0.15, -0.1) is 24.8 Å². The van der Waals surface area contributed by atoms with E-state index in [0.717, 1.165) is 5.88 Å². The molecule has 0 saturated heterocycles. The van der Waals surface area contributed by atoms with Gasteiger partial charge in [0, 0.05) is 5.88 Å². The summed E-state index contributed by atoms with van der Waals surface area (Å²) in [4.78, 5) is 0. The van der Waals surface area contributed by atoms with Crippen molar-refractivity contribution in [3.05, 3.63) is 25.3 Å². The first-order valence-electron chi connectivity index (χ1n) is 3.18. The van der Waals surface area contributed by atoms with E-state index in [1.54, 1.807) is 12.2 Å². The third kappa shape index (κ3) is 25.2. The molecule has 0 atom stereocenters. The normalized spacial score (nSPS) is 7.40. The third-order valence-electron chi connectivity index (χ3n) is 0.471. The van der Waals surface area contributed by atoms with Crippen molar-refractivity contribution in [2.24, 2.45) is 0 Å². The minimum absolute atomic E-state index is 0.617.